The molecule has 0 aliphatic heterocycles. The van der Waals surface area contributed by atoms with Gasteiger partial charge in [-0.2, -0.15) is 4.31 Å². The lowest BCUT2D eigenvalue weighted by Gasteiger charge is -2.30. The zero-order chi connectivity index (χ0) is 26.2. The highest BCUT2D eigenvalue weighted by molar-refractivity contribution is 7.89. The third kappa shape index (κ3) is 7.79. The molecule has 0 spiro atoms. The molecule has 0 radical (unpaired) electrons. The van der Waals surface area contributed by atoms with Crippen LogP contribution in [0.3, 0.4) is 0 Å². The van der Waals surface area contributed by atoms with Crippen LogP contribution in [0.1, 0.15) is 50.4 Å². The van der Waals surface area contributed by atoms with E-state index in [2.05, 4.69) is 5.32 Å². The minimum atomic E-state index is -4.62. The number of amides is 2. The minimum Gasteiger partial charge on any atom is -0.480 e. The van der Waals surface area contributed by atoms with E-state index in [0.717, 1.165) is 0 Å². The van der Waals surface area contributed by atoms with Crippen LogP contribution in [0.5, 0.6) is 0 Å². The van der Waals surface area contributed by atoms with Crippen molar-refractivity contribution >= 4 is 33.7 Å². The van der Waals surface area contributed by atoms with Crippen molar-refractivity contribution in [1.82, 2.24) is 4.31 Å². The molecule has 0 aliphatic carbocycles. The van der Waals surface area contributed by atoms with Crippen molar-refractivity contribution in [2.24, 2.45) is 5.73 Å². The van der Waals surface area contributed by atoms with Gasteiger partial charge in [-0.15, -0.1) is 0 Å². The highest BCUT2D eigenvalue weighted by atomic mass is 32.2. The molecule has 11 heteroatoms. The van der Waals surface area contributed by atoms with Crippen LogP contribution in [0.4, 0.5) is 10.5 Å². The molecule has 0 aliphatic rings. The molecule has 2 aromatic carbocycles. The molecule has 2 amide bonds. The van der Waals surface area contributed by atoms with Gasteiger partial charge in [-0.1, -0.05) is 18.2 Å². The van der Waals surface area contributed by atoms with E-state index >= 15 is 0 Å². The number of benzene rings is 2. The lowest BCUT2D eigenvalue weighted by molar-refractivity contribution is -0.141. The van der Waals surface area contributed by atoms with E-state index in [4.69, 9.17) is 10.5 Å². The SMILES string of the molecule is CC(C)(C)OC(=O)N([C@@H](CCCCN)C(=O)O)S(=O)(=O)c1ccc(NC(=O)c2ccccc2)cc1. The molecule has 0 fully saturated rings. The number of nitrogens with one attached hydrogen (secondary N) is 1. The van der Waals surface area contributed by atoms with Crippen molar-refractivity contribution in [3.63, 3.8) is 0 Å². The van der Waals surface area contributed by atoms with Crippen LogP contribution in [0.2, 0.25) is 0 Å². The van der Waals surface area contributed by atoms with E-state index in [9.17, 15) is 27.9 Å². The molecule has 190 valence electrons. The van der Waals surface area contributed by atoms with Gasteiger partial charge < -0.3 is 20.9 Å². The van der Waals surface area contributed by atoms with Gasteiger partial charge >= 0.3 is 12.1 Å². The van der Waals surface area contributed by atoms with Crippen LogP contribution in [0.25, 0.3) is 0 Å². The van der Waals surface area contributed by atoms with Gasteiger partial charge in [-0.05, 0) is 83.0 Å². The molecule has 2 aromatic rings. The lowest BCUT2D eigenvalue weighted by Crippen LogP contribution is -2.50. The Bertz CT molecular complexity index is 1130. The van der Waals surface area contributed by atoms with Gasteiger partial charge in [0.05, 0.1) is 4.90 Å². The quantitative estimate of drug-likeness (QED) is 0.415. The number of nitrogens with zero attached hydrogens (tertiary/aromatic N) is 1. The standard InChI is InChI=1S/C24H31N3O7S/c1-24(2,3)34-23(31)27(20(22(29)30)11-7-8-16-25)35(32,33)19-14-12-18(13-15-19)26-21(28)17-9-5-4-6-10-17/h4-6,9-10,12-15,20H,7-8,11,16,25H2,1-3H3,(H,26,28)(H,29,30)/t20-/m0/s1. The topological polar surface area (TPSA) is 156 Å². The average molecular weight is 506 g/mol. The maximum Gasteiger partial charge on any atom is 0.425 e. The predicted molar refractivity (Wildman–Crippen MR) is 130 cm³/mol. The van der Waals surface area contributed by atoms with E-state index in [1.165, 1.54) is 24.3 Å². The number of hydrogen-bond acceptors (Lipinski definition) is 7. The number of carboxylic acids is 1. The molecule has 0 bridgehead atoms. The number of carbonyl (C=O) groups is 3. The average Bonchev–Trinajstić information content (AvgIpc) is 2.78. The Morgan fingerprint density at radius 1 is 1.03 bits per heavy atom. The highest BCUT2D eigenvalue weighted by Crippen LogP contribution is 2.25. The summed E-state index contributed by atoms with van der Waals surface area (Å²) in [4.78, 5) is 36.9. The van der Waals surface area contributed by atoms with Crippen molar-refractivity contribution in [2.75, 3.05) is 11.9 Å². The van der Waals surface area contributed by atoms with Crippen LogP contribution in [0.15, 0.2) is 59.5 Å². The van der Waals surface area contributed by atoms with Crippen LogP contribution in [0, 0.1) is 0 Å². The molecule has 4 N–H and O–H groups in total. The summed E-state index contributed by atoms with van der Waals surface area (Å²) in [6.45, 7) is 4.93. The van der Waals surface area contributed by atoms with Crippen LogP contribution in [-0.4, -0.2) is 54.0 Å². The second kappa shape index (κ2) is 11.8. The molecular weight excluding hydrogens is 474 g/mol. The summed E-state index contributed by atoms with van der Waals surface area (Å²) in [5.41, 5.74) is 5.15. The Morgan fingerprint density at radius 2 is 1.63 bits per heavy atom. The molecule has 0 aromatic heterocycles. The first-order chi connectivity index (χ1) is 16.4. The highest BCUT2D eigenvalue weighted by Gasteiger charge is 2.42. The van der Waals surface area contributed by atoms with Gasteiger partial charge in [0, 0.05) is 11.3 Å². The Hall–Kier alpha value is -3.44. The van der Waals surface area contributed by atoms with Crippen molar-refractivity contribution in [2.45, 2.75) is 56.6 Å². The number of nitrogens with two attached hydrogens (primary N) is 1. The number of anilines is 1. The van der Waals surface area contributed by atoms with Gasteiger partial charge in [0.1, 0.15) is 11.6 Å². The molecule has 35 heavy (non-hydrogen) atoms. The summed E-state index contributed by atoms with van der Waals surface area (Å²) in [5, 5.41) is 12.4. The molecular formula is C24H31N3O7S. The number of aliphatic carboxylic acids is 1. The third-order valence-electron chi connectivity index (χ3n) is 4.78. The first kappa shape index (κ1) is 27.8. The van der Waals surface area contributed by atoms with Crippen molar-refractivity contribution in [3.05, 3.63) is 60.2 Å². The fourth-order valence-electron chi connectivity index (χ4n) is 3.14. The fraction of sp³-hybridized carbons (Fsp3) is 0.375. The Labute approximate surface area is 205 Å². The second-order valence-electron chi connectivity index (χ2n) is 8.76. The lowest BCUT2D eigenvalue weighted by atomic mass is 10.1. The maximum absolute atomic E-state index is 13.4. The number of rotatable bonds is 10. The number of carboxylic acid groups (broad SMARTS) is 1. The normalized spacial score (nSPS) is 12.5. The smallest absolute Gasteiger partial charge is 0.425 e. The number of ether oxygens (including phenoxy) is 1. The summed E-state index contributed by atoms with van der Waals surface area (Å²) in [6.07, 6.45) is -0.663. The largest absolute Gasteiger partial charge is 0.480 e. The first-order valence-corrected chi connectivity index (χ1v) is 12.5. The fourth-order valence-corrected chi connectivity index (χ4v) is 4.61. The van der Waals surface area contributed by atoms with Gasteiger partial charge in [0.25, 0.3) is 15.9 Å². The van der Waals surface area contributed by atoms with E-state index < -0.39 is 33.7 Å². The summed E-state index contributed by atoms with van der Waals surface area (Å²) in [5.74, 6) is -1.87. The van der Waals surface area contributed by atoms with E-state index in [0.29, 0.717) is 30.6 Å². The summed E-state index contributed by atoms with van der Waals surface area (Å²) in [7, 11) is -4.62. The molecule has 2 rings (SSSR count). The molecule has 0 unspecified atom stereocenters. The molecule has 0 saturated heterocycles. The van der Waals surface area contributed by atoms with Crippen LogP contribution in [-0.2, 0) is 19.6 Å². The number of sulfonamides is 1. The Kier molecular flexibility index (Phi) is 9.38. The summed E-state index contributed by atoms with van der Waals surface area (Å²) >= 11 is 0. The van der Waals surface area contributed by atoms with Crippen LogP contribution < -0.4 is 11.1 Å². The van der Waals surface area contributed by atoms with Crippen molar-refractivity contribution in [3.8, 4) is 0 Å². The molecule has 0 heterocycles. The first-order valence-electron chi connectivity index (χ1n) is 11.0. The maximum atomic E-state index is 13.4. The molecule has 10 nitrogen and oxygen atoms in total. The number of carbonyl (C=O) groups excluding carboxylic acids is 2. The monoisotopic (exact) mass is 505 g/mol. The molecule has 0 saturated carbocycles. The Morgan fingerprint density at radius 3 is 2.14 bits per heavy atom. The van der Waals surface area contributed by atoms with Gasteiger partial charge in [-0.25, -0.2) is 18.0 Å². The van der Waals surface area contributed by atoms with Crippen molar-refractivity contribution < 1.29 is 32.6 Å². The zero-order valence-electron chi connectivity index (χ0n) is 19.9. The van der Waals surface area contributed by atoms with Gasteiger partial charge in [0.15, 0.2) is 0 Å². The van der Waals surface area contributed by atoms with Gasteiger partial charge in [-0.3, -0.25) is 4.79 Å². The van der Waals surface area contributed by atoms with Gasteiger partial charge in [0.2, 0.25) is 0 Å². The zero-order valence-corrected chi connectivity index (χ0v) is 20.7. The van der Waals surface area contributed by atoms with E-state index in [1.54, 1.807) is 51.1 Å². The number of unbranched alkanes of at least 4 members (excludes halogenated alkanes) is 1. The number of hydrogen-bond donors (Lipinski definition) is 3. The van der Waals surface area contributed by atoms with E-state index in [-0.39, 0.29) is 21.5 Å². The van der Waals surface area contributed by atoms with Crippen molar-refractivity contribution in [1.29, 1.82) is 0 Å². The third-order valence-corrected chi connectivity index (χ3v) is 6.57. The predicted octanol–water partition coefficient (Wildman–Crippen LogP) is 3.45. The molecule has 1 atom stereocenters. The Balaban J connectivity index is 2.37. The second-order valence-corrected chi connectivity index (χ2v) is 10.6. The summed E-state index contributed by atoms with van der Waals surface area (Å²) in [6, 6.07) is 11.8. The van der Waals surface area contributed by atoms with Crippen LogP contribution >= 0.6 is 0 Å². The van der Waals surface area contributed by atoms with E-state index in [1.807, 2.05) is 0 Å². The minimum absolute atomic E-state index is 0.129. The summed E-state index contributed by atoms with van der Waals surface area (Å²) < 4.78 is 32.4.